The van der Waals surface area contributed by atoms with Gasteiger partial charge < -0.3 is 10.1 Å². The van der Waals surface area contributed by atoms with Crippen molar-refractivity contribution in [1.29, 1.82) is 0 Å². The van der Waals surface area contributed by atoms with Crippen molar-refractivity contribution in [2.24, 2.45) is 7.05 Å². The van der Waals surface area contributed by atoms with Gasteiger partial charge in [0, 0.05) is 13.6 Å². The Labute approximate surface area is 149 Å². The lowest BCUT2D eigenvalue weighted by Crippen LogP contribution is -2.25. The SMILES string of the molecule is CC=CCCCCOc1cccc(CNC(=O)c2cc(C)nn2C)c1. The molecule has 0 bridgehead atoms. The lowest BCUT2D eigenvalue weighted by molar-refractivity contribution is 0.0941. The Bertz CT molecular complexity index is 719. The highest BCUT2D eigenvalue weighted by molar-refractivity contribution is 5.92. The van der Waals surface area contributed by atoms with Crippen LogP contribution in [-0.2, 0) is 13.6 Å². The summed E-state index contributed by atoms with van der Waals surface area (Å²) < 4.78 is 7.39. The molecule has 0 saturated heterocycles. The van der Waals surface area contributed by atoms with Crippen LogP contribution >= 0.6 is 0 Å². The molecule has 5 heteroatoms. The maximum absolute atomic E-state index is 12.2. The number of hydrogen-bond acceptors (Lipinski definition) is 3. The predicted octanol–water partition coefficient (Wildman–Crippen LogP) is 3.78. The molecular formula is C20H27N3O2. The van der Waals surface area contributed by atoms with Crippen molar-refractivity contribution in [2.45, 2.75) is 39.7 Å². The zero-order valence-electron chi connectivity index (χ0n) is 15.3. The molecule has 0 aliphatic carbocycles. The van der Waals surface area contributed by atoms with E-state index in [1.165, 1.54) is 0 Å². The number of amides is 1. The molecule has 5 nitrogen and oxygen atoms in total. The first-order valence-electron chi connectivity index (χ1n) is 8.72. The first kappa shape index (κ1) is 18.8. The molecule has 25 heavy (non-hydrogen) atoms. The van der Waals surface area contributed by atoms with Gasteiger partial charge in [0.1, 0.15) is 11.4 Å². The van der Waals surface area contributed by atoms with Crippen LogP contribution in [-0.4, -0.2) is 22.3 Å². The number of nitrogens with one attached hydrogen (secondary N) is 1. The fourth-order valence-electron chi connectivity index (χ4n) is 2.56. The topological polar surface area (TPSA) is 56.1 Å². The summed E-state index contributed by atoms with van der Waals surface area (Å²) in [4.78, 5) is 12.2. The largest absolute Gasteiger partial charge is 0.494 e. The molecule has 2 aromatic rings. The van der Waals surface area contributed by atoms with Crippen molar-refractivity contribution >= 4 is 5.91 Å². The number of unbranched alkanes of at least 4 members (excludes halogenated alkanes) is 2. The quantitative estimate of drug-likeness (QED) is 0.558. The number of nitrogens with zero attached hydrogens (tertiary/aromatic N) is 2. The van der Waals surface area contributed by atoms with Crippen LogP contribution < -0.4 is 10.1 Å². The van der Waals surface area contributed by atoms with E-state index in [0.717, 1.165) is 36.3 Å². The van der Waals surface area contributed by atoms with Gasteiger partial charge in [-0.3, -0.25) is 9.48 Å². The number of carbonyl (C=O) groups excluding carboxylic acids is 1. The summed E-state index contributed by atoms with van der Waals surface area (Å²) in [6.07, 6.45) is 7.51. The molecule has 0 aliphatic heterocycles. The van der Waals surface area contributed by atoms with Gasteiger partial charge in [-0.15, -0.1) is 0 Å². The third-order valence-electron chi connectivity index (χ3n) is 3.86. The molecule has 0 radical (unpaired) electrons. The minimum atomic E-state index is -0.126. The van der Waals surface area contributed by atoms with Gasteiger partial charge in [-0.25, -0.2) is 0 Å². The molecule has 0 unspecified atom stereocenters. The van der Waals surface area contributed by atoms with Gasteiger partial charge in [-0.05, 0) is 56.9 Å². The molecule has 1 aromatic heterocycles. The number of hydrogen-bond donors (Lipinski definition) is 1. The maximum atomic E-state index is 12.2. The molecule has 0 atom stereocenters. The monoisotopic (exact) mass is 341 g/mol. The Morgan fingerprint density at radius 1 is 1.32 bits per heavy atom. The highest BCUT2D eigenvalue weighted by Crippen LogP contribution is 2.14. The van der Waals surface area contributed by atoms with Gasteiger partial charge in [0.05, 0.1) is 12.3 Å². The molecule has 2 rings (SSSR count). The van der Waals surface area contributed by atoms with Crippen LogP contribution in [0.25, 0.3) is 0 Å². The lowest BCUT2D eigenvalue weighted by atomic mass is 10.2. The molecular weight excluding hydrogens is 314 g/mol. The summed E-state index contributed by atoms with van der Waals surface area (Å²) in [5.74, 6) is 0.715. The second kappa shape index (κ2) is 9.67. The number of aromatic nitrogens is 2. The van der Waals surface area contributed by atoms with Crippen LogP contribution in [0.3, 0.4) is 0 Å². The van der Waals surface area contributed by atoms with E-state index in [-0.39, 0.29) is 5.91 Å². The van der Waals surface area contributed by atoms with Crippen molar-refractivity contribution in [3.8, 4) is 5.75 Å². The fraction of sp³-hybridized carbons (Fsp3) is 0.400. The summed E-state index contributed by atoms with van der Waals surface area (Å²) in [5.41, 5.74) is 2.40. The standard InChI is InChI=1S/C20H27N3O2/c1-4-5-6-7-8-12-25-18-11-9-10-17(14-18)15-21-20(24)19-13-16(2)22-23(19)3/h4-5,9-11,13-14H,6-8,12,15H2,1-3H3,(H,21,24). The Hall–Kier alpha value is -2.56. The second-order valence-electron chi connectivity index (χ2n) is 6.04. The van der Waals surface area contributed by atoms with E-state index in [9.17, 15) is 4.79 Å². The Kier molecular flexibility index (Phi) is 7.26. The zero-order chi connectivity index (χ0) is 18.1. The number of carbonyl (C=O) groups is 1. The van der Waals surface area contributed by atoms with Crippen LogP contribution in [0, 0.1) is 6.92 Å². The Balaban J connectivity index is 1.80. The van der Waals surface area contributed by atoms with E-state index in [4.69, 9.17) is 4.74 Å². The Morgan fingerprint density at radius 3 is 2.88 bits per heavy atom. The summed E-state index contributed by atoms with van der Waals surface area (Å²) in [7, 11) is 1.77. The number of aryl methyl sites for hydroxylation is 2. The van der Waals surface area contributed by atoms with Crippen LogP contribution in [0.5, 0.6) is 5.75 Å². The third kappa shape index (κ3) is 6.10. The van der Waals surface area contributed by atoms with Gasteiger partial charge in [-0.2, -0.15) is 5.10 Å². The molecule has 134 valence electrons. The van der Waals surface area contributed by atoms with Gasteiger partial charge in [0.2, 0.25) is 0 Å². The van der Waals surface area contributed by atoms with Gasteiger partial charge in [0.25, 0.3) is 5.91 Å². The van der Waals surface area contributed by atoms with Gasteiger partial charge >= 0.3 is 0 Å². The number of rotatable bonds is 9. The maximum Gasteiger partial charge on any atom is 0.269 e. The summed E-state index contributed by atoms with van der Waals surface area (Å²) in [6.45, 7) is 5.08. The average molecular weight is 341 g/mol. The highest BCUT2D eigenvalue weighted by atomic mass is 16.5. The van der Waals surface area contributed by atoms with Crippen molar-refractivity contribution in [3.05, 3.63) is 59.4 Å². The highest BCUT2D eigenvalue weighted by Gasteiger charge is 2.11. The summed E-state index contributed by atoms with van der Waals surface area (Å²) >= 11 is 0. The number of benzene rings is 1. The fourth-order valence-corrected chi connectivity index (χ4v) is 2.56. The van der Waals surface area contributed by atoms with Crippen molar-refractivity contribution in [2.75, 3.05) is 6.61 Å². The first-order valence-corrected chi connectivity index (χ1v) is 8.72. The molecule has 1 amide bonds. The molecule has 0 spiro atoms. The Morgan fingerprint density at radius 2 is 2.16 bits per heavy atom. The second-order valence-corrected chi connectivity index (χ2v) is 6.04. The van der Waals surface area contributed by atoms with Crippen molar-refractivity contribution in [1.82, 2.24) is 15.1 Å². The van der Waals surface area contributed by atoms with E-state index in [1.807, 2.05) is 38.1 Å². The predicted molar refractivity (Wildman–Crippen MR) is 99.7 cm³/mol. The van der Waals surface area contributed by atoms with E-state index < -0.39 is 0 Å². The first-order chi connectivity index (χ1) is 12.1. The lowest BCUT2D eigenvalue weighted by Gasteiger charge is -2.09. The van der Waals surface area contributed by atoms with Gasteiger partial charge in [-0.1, -0.05) is 24.3 Å². The smallest absolute Gasteiger partial charge is 0.269 e. The normalized spacial score (nSPS) is 11.0. The molecule has 0 aliphatic rings. The summed E-state index contributed by atoms with van der Waals surface area (Å²) in [5, 5.41) is 7.12. The van der Waals surface area contributed by atoms with Crippen LogP contribution in [0.4, 0.5) is 0 Å². The molecule has 0 saturated carbocycles. The van der Waals surface area contributed by atoms with E-state index in [2.05, 4.69) is 22.6 Å². The van der Waals surface area contributed by atoms with Crippen molar-refractivity contribution < 1.29 is 9.53 Å². The minimum Gasteiger partial charge on any atom is -0.494 e. The third-order valence-corrected chi connectivity index (χ3v) is 3.86. The van der Waals surface area contributed by atoms with Crippen LogP contribution in [0.15, 0.2) is 42.5 Å². The number of ether oxygens (including phenoxy) is 1. The van der Waals surface area contributed by atoms with Crippen LogP contribution in [0.2, 0.25) is 0 Å². The minimum absolute atomic E-state index is 0.126. The molecule has 1 aromatic carbocycles. The zero-order valence-corrected chi connectivity index (χ0v) is 15.3. The number of allylic oxidation sites excluding steroid dienone is 2. The van der Waals surface area contributed by atoms with E-state index in [0.29, 0.717) is 18.8 Å². The van der Waals surface area contributed by atoms with E-state index in [1.54, 1.807) is 17.8 Å². The van der Waals surface area contributed by atoms with Gasteiger partial charge in [0.15, 0.2) is 0 Å². The molecule has 0 fully saturated rings. The summed E-state index contributed by atoms with van der Waals surface area (Å²) in [6, 6.07) is 9.63. The molecule has 1 N–H and O–H groups in total. The van der Waals surface area contributed by atoms with Crippen molar-refractivity contribution in [3.63, 3.8) is 0 Å². The average Bonchev–Trinajstić information content (AvgIpc) is 2.94. The van der Waals surface area contributed by atoms with Crippen LogP contribution in [0.1, 0.15) is 47.9 Å². The van der Waals surface area contributed by atoms with E-state index >= 15 is 0 Å². The molecule has 1 heterocycles.